The first-order valence-corrected chi connectivity index (χ1v) is 10.8. The maximum absolute atomic E-state index is 13.0. The molecule has 0 aromatic carbocycles. The number of morpholine rings is 1. The van der Waals surface area contributed by atoms with Crippen LogP contribution < -0.4 is 5.73 Å². The van der Waals surface area contributed by atoms with Gasteiger partial charge in [0.2, 0.25) is 5.91 Å². The summed E-state index contributed by atoms with van der Waals surface area (Å²) in [6, 6.07) is 4.54. The van der Waals surface area contributed by atoms with Gasteiger partial charge in [-0.3, -0.25) is 9.69 Å². The SMILES string of the molecule is CN(CC(c1cccs1)N1CCOCC1)C(=O)CC1(CN)CCCCC1.Cl.Cl. The molecule has 1 unspecified atom stereocenters. The van der Waals surface area contributed by atoms with Gasteiger partial charge < -0.3 is 15.4 Å². The number of likely N-dealkylation sites (N-methyl/N-ethyl adjacent to an activating group) is 1. The lowest BCUT2D eigenvalue weighted by Gasteiger charge is -2.39. The van der Waals surface area contributed by atoms with Crippen LogP contribution >= 0.6 is 36.2 Å². The molecule has 5 nitrogen and oxygen atoms in total. The number of carbonyl (C=O) groups excluding carboxylic acids is 1. The van der Waals surface area contributed by atoms with Crippen molar-refractivity contribution in [1.82, 2.24) is 9.80 Å². The Bertz CT molecular complexity index is 562. The summed E-state index contributed by atoms with van der Waals surface area (Å²) < 4.78 is 5.52. The molecule has 1 saturated heterocycles. The number of nitrogens with zero attached hydrogens (tertiary/aromatic N) is 2. The van der Waals surface area contributed by atoms with Crippen molar-refractivity contribution < 1.29 is 9.53 Å². The van der Waals surface area contributed by atoms with Crippen molar-refractivity contribution in [3.05, 3.63) is 22.4 Å². The fourth-order valence-corrected chi connectivity index (χ4v) is 5.18. The Labute approximate surface area is 185 Å². The Morgan fingerprint density at radius 2 is 1.96 bits per heavy atom. The molecular formula is C20H35Cl2N3O2S. The highest BCUT2D eigenvalue weighted by atomic mass is 35.5. The molecular weight excluding hydrogens is 417 g/mol. The number of hydrogen-bond donors (Lipinski definition) is 1. The minimum atomic E-state index is 0. The van der Waals surface area contributed by atoms with Crippen molar-refractivity contribution in [2.24, 2.45) is 11.1 Å². The summed E-state index contributed by atoms with van der Waals surface area (Å²) in [6.45, 7) is 4.77. The minimum absolute atomic E-state index is 0. The van der Waals surface area contributed by atoms with E-state index in [1.54, 1.807) is 11.3 Å². The lowest BCUT2D eigenvalue weighted by atomic mass is 9.71. The number of halogens is 2. The van der Waals surface area contributed by atoms with Crippen molar-refractivity contribution >= 4 is 42.1 Å². The van der Waals surface area contributed by atoms with Gasteiger partial charge in [0.05, 0.1) is 19.3 Å². The standard InChI is InChI=1S/C20H33N3O2S.2ClH/c1-22(19(24)14-20(16-21)7-3-2-4-8-20)15-17(18-6-5-13-26-18)23-9-11-25-12-10-23;;/h5-6,13,17H,2-4,7-12,14-16,21H2,1H3;2*1H. The molecule has 1 amide bonds. The number of ether oxygens (including phenoxy) is 1. The van der Waals surface area contributed by atoms with E-state index in [2.05, 4.69) is 22.4 Å². The molecule has 2 N–H and O–H groups in total. The van der Waals surface area contributed by atoms with Gasteiger partial charge in [-0.1, -0.05) is 25.3 Å². The number of nitrogens with two attached hydrogens (primary N) is 1. The van der Waals surface area contributed by atoms with Crippen LogP contribution in [-0.4, -0.2) is 62.1 Å². The Morgan fingerprint density at radius 3 is 2.54 bits per heavy atom. The third-order valence-corrected chi connectivity index (χ3v) is 7.08. The van der Waals surface area contributed by atoms with E-state index in [1.165, 1.54) is 24.1 Å². The third-order valence-electron chi connectivity index (χ3n) is 6.10. The molecule has 162 valence electrons. The summed E-state index contributed by atoms with van der Waals surface area (Å²) in [5.74, 6) is 0.243. The monoisotopic (exact) mass is 451 g/mol. The van der Waals surface area contributed by atoms with Crippen LogP contribution in [0.3, 0.4) is 0 Å². The van der Waals surface area contributed by atoms with E-state index in [9.17, 15) is 4.79 Å². The second-order valence-corrected chi connectivity index (χ2v) is 8.87. The van der Waals surface area contributed by atoms with E-state index in [4.69, 9.17) is 10.5 Å². The highest BCUT2D eigenvalue weighted by Gasteiger charge is 2.35. The quantitative estimate of drug-likeness (QED) is 0.685. The van der Waals surface area contributed by atoms with E-state index in [0.717, 1.165) is 45.7 Å². The molecule has 2 aliphatic rings. The first-order valence-electron chi connectivity index (χ1n) is 9.93. The van der Waals surface area contributed by atoms with Gasteiger partial charge in [-0.05, 0) is 36.2 Å². The molecule has 0 radical (unpaired) electrons. The number of carbonyl (C=O) groups is 1. The van der Waals surface area contributed by atoms with Gasteiger partial charge in [0.1, 0.15) is 0 Å². The van der Waals surface area contributed by atoms with Crippen LogP contribution in [0.25, 0.3) is 0 Å². The van der Waals surface area contributed by atoms with Crippen molar-refractivity contribution in [3.63, 3.8) is 0 Å². The highest BCUT2D eigenvalue weighted by Crippen LogP contribution is 2.39. The summed E-state index contributed by atoms with van der Waals surface area (Å²) in [7, 11) is 1.95. The molecule has 0 spiro atoms. The lowest BCUT2D eigenvalue weighted by molar-refractivity contribution is -0.134. The largest absolute Gasteiger partial charge is 0.379 e. The van der Waals surface area contributed by atoms with Gasteiger partial charge in [0, 0.05) is 38.0 Å². The molecule has 1 aromatic heterocycles. The molecule has 8 heteroatoms. The average molecular weight is 452 g/mol. The van der Waals surface area contributed by atoms with Gasteiger partial charge in [-0.15, -0.1) is 36.2 Å². The van der Waals surface area contributed by atoms with Crippen LogP contribution in [0, 0.1) is 5.41 Å². The van der Waals surface area contributed by atoms with E-state index in [-0.39, 0.29) is 42.2 Å². The van der Waals surface area contributed by atoms with Crippen molar-refractivity contribution in [2.75, 3.05) is 46.4 Å². The Kier molecular flexibility index (Phi) is 11.3. The summed E-state index contributed by atoms with van der Waals surface area (Å²) in [5, 5.41) is 2.12. The zero-order valence-electron chi connectivity index (χ0n) is 16.8. The summed E-state index contributed by atoms with van der Waals surface area (Å²) in [5.41, 5.74) is 6.12. The summed E-state index contributed by atoms with van der Waals surface area (Å²) in [4.78, 5) is 18.7. The summed E-state index contributed by atoms with van der Waals surface area (Å²) in [6.07, 6.45) is 6.49. The molecule has 1 aliphatic carbocycles. The van der Waals surface area contributed by atoms with Crippen molar-refractivity contribution in [3.8, 4) is 0 Å². The normalized spacial score (nSPS) is 20.5. The zero-order chi connectivity index (χ0) is 18.4. The Morgan fingerprint density at radius 1 is 1.29 bits per heavy atom. The fraction of sp³-hybridized carbons (Fsp3) is 0.750. The predicted octanol–water partition coefficient (Wildman–Crippen LogP) is 3.72. The third kappa shape index (κ3) is 6.57. The maximum Gasteiger partial charge on any atom is 0.222 e. The highest BCUT2D eigenvalue weighted by molar-refractivity contribution is 7.10. The fourth-order valence-electron chi connectivity index (χ4n) is 4.33. The Balaban J connectivity index is 0.00000196. The predicted molar refractivity (Wildman–Crippen MR) is 121 cm³/mol. The van der Waals surface area contributed by atoms with E-state index < -0.39 is 0 Å². The molecule has 1 aliphatic heterocycles. The van der Waals surface area contributed by atoms with Crippen LogP contribution in [0.5, 0.6) is 0 Å². The molecule has 1 saturated carbocycles. The van der Waals surface area contributed by atoms with Crippen LogP contribution in [0.2, 0.25) is 0 Å². The van der Waals surface area contributed by atoms with Gasteiger partial charge >= 0.3 is 0 Å². The number of thiophene rings is 1. The van der Waals surface area contributed by atoms with Crippen LogP contribution in [-0.2, 0) is 9.53 Å². The smallest absolute Gasteiger partial charge is 0.222 e. The van der Waals surface area contributed by atoms with Crippen molar-refractivity contribution in [1.29, 1.82) is 0 Å². The first-order chi connectivity index (χ1) is 12.6. The van der Waals surface area contributed by atoms with Crippen LogP contribution in [0.15, 0.2) is 17.5 Å². The van der Waals surface area contributed by atoms with Crippen molar-refractivity contribution in [2.45, 2.75) is 44.6 Å². The van der Waals surface area contributed by atoms with Gasteiger partial charge in [0.15, 0.2) is 0 Å². The van der Waals surface area contributed by atoms with E-state index in [0.29, 0.717) is 13.0 Å². The van der Waals surface area contributed by atoms with Gasteiger partial charge in [-0.25, -0.2) is 0 Å². The first kappa shape index (κ1) is 25.7. The molecule has 1 atom stereocenters. The number of amides is 1. The van der Waals surface area contributed by atoms with Gasteiger partial charge in [0.25, 0.3) is 0 Å². The van der Waals surface area contributed by atoms with E-state index >= 15 is 0 Å². The van der Waals surface area contributed by atoms with Gasteiger partial charge in [-0.2, -0.15) is 0 Å². The average Bonchev–Trinajstić information content (AvgIpc) is 3.21. The number of rotatable bonds is 7. The minimum Gasteiger partial charge on any atom is -0.379 e. The zero-order valence-corrected chi connectivity index (χ0v) is 19.3. The second kappa shape index (κ2) is 12.4. The molecule has 2 fully saturated rings. The van der Waals surface area contributed by atoms with E-state index in [1.807, 2.05) is 11.9 Å². The summed E-state index contributed by atoms with van der Waals surface area (Å²) >= 11 is 1.78. The Hall–Kier alpha value is -0.370. The van der Waals surface area contributed by atoms with Crippen LogP contribution in [0.4, 0.5) is 0 Å². The number of hydrogen-bond acceptors (Lipinski definition) is 5. The molecule has 3 rings (SSSR count). The maximum atomic E-state index is 13.0. The molecule has 28 heavy (non-hydrogen) atoms. The molecule has 2 heterocycles. The topological polar surface area (TPSA) is 58.8 Å². The second-order valence-electron chi connectivity index (χ2n) is 7.90. The van der Waals surface area contributed by atoms with Crippen LogP contribution in [0.1, 0.15) is 49.4 Å². The lowest BCUT2D eigenvalue weighted by Crippen LogP contribution is -2.45. The molecule has 0 bridgehead atoms. The molecule has 1 aromatic rings.